The van der Waals surface area contributed by atoms with Crippen molar-refractivity contribution in [2.75, 3.05) is 31.9 Å². The fourth-order valence-electron chi connectivity index (χ4n) is 3.42. The SMILES string of the molecule is CCCS(=O)(=O)N1CCCC(C(=O)N(CC)CC(=O)NCc2ccc(F)cc2)C1. The molecule has 1 unspecified atom stereocenters. The van der Waals surface area contributed by atoms with Gasteiger partial charge in [0.2, 0.25) is 21.8 Å². The lowest BCUT2D eigenvalue weighted by Crippen LogP contribution is -2.49. The molecule has 1 aromatic carbocycles. The molecule has 2 amide bonds. The van der Waals surface area contributed by atoms with E-state index in [0.717, 1.165) is 5.56 Å². The number of carbonyl (C=O) groups is 2. The number of amides is 2. The topological polar surface area (TPSA) is 86.8 Å². The monoisotopic (exact) mass is 427 g/mol. The average molecular weight is 428 g/mol. The van der Waals surface area contributed by atoms with E-state index >= 15 is 0 Å². The van der Waals surface area contributed by atoms with Crippen LogP contribution in [0.15, 0.2) is 24.3 Å². The van der Waals surface area contributed by atoms with Crippen molar-refractivity contribution in [2.45, 2.75) is 39.7 Å². The van der Waals surface area contributed by atoms with E-state index in [9.17, 15) is 22.4 Å². The van der Waals surface area contributed by atoms with Crippen LogP contribution in [0.25, 0.3) is 0 Å². The van der Waals surface area contributed by atoms with Crippen LogP contribution < -0.4 is 5.32 Å². The summed E-state index contributed by atoms with van der Waals surface area (Å²) in [5.41, 5.74) is 0.762. The Balaban J connectivity index is 1.91. The van der Waals surface area contributed by atoms with Crippen LogP contribution in [-0.4, -0.2) is 61.4 Å². The zero-order valence-electron chi connectivity index (χ0n) is 17.1. The van der Waals surface area contributed by atoms with Crippen LogP contribution in [0.4, 0.5) is 4.39 Å². The third-order valence-electron chi connectivity index (χ3n) is 5.02. The molecule has 0 saturated carbocycles. The predicted octanol–water partition coefficient (Wildman–Crippen LogP) is 1.74. The van der Waals surface area contributed by atoms with Crippen molar-refractivity contribution >= 4 is 21.8 Å². The Morgan fingerprint density at radius 1 is 1.24 bits per heavy atom. The van der Waals surface area contributed by atoms with E-state index in [1.165, 1.54) is 21.3 Å². The number of nitrogens with one attached hydrogen (secondary N) is 1. The molecule has 1 heterocycles. The molecule has 1 atom stereocenters. The molecule has 0 radical (unpaired) electrons. The predicted molar refractivity (Wildman–Crippen MR) is 109 cm³/mol. The minimum absolute atomic E-state index is 0.0805. The van der Waals surface area contributed by atoms with Crippen LogP contribution in [0.2, 0.25) is 0 Å². The first-order chi connectivity index (χ1) is 13.8. The molecule has 1 aliphatic rings. The van der Waals surface area contributed by atoms with Gasteiger partial charge in [-0.05, 0) is 43.9 Å². The van der Waals surface area contributed by atoms with E-state index in [1.54, 1.807) is 19.1 Å². The number of likely N-dealkylation sites (N-methyl/N-ethyl adjacent to an activating group) is 1. The maximum Gasteiger partial charge on any atom is 0.239 e. The van der Waals surface area contributed by atoms with Gasteiger partial charge in [0, 0.05) is 26.2 Å². The third-order valence-corrected chi connectivity index (χ3v) is 7.06. The molecule has 1 aromatic rings. The Morgan fingerprint density at radius 2 is 1.93 bits per heavy atom. The minimum Gasteiger partial charge on any atom is -0.350 e. The van der Waals surface area contributed by atoms with E-state index in [0.29, 0.717) is 32.4 Å². The van der Waals surface area contributed by atoms with Gasteiger partial charge in [-0.15, -0.1) is 0 Å². The first kappa shape index (κ1) is 23.3. The fraction of sp³-hybridized carbons (Fsp3) is 0.600. The molecule has 0 aliphatic carbocycles. The molecule has 2 rings (SSSR count). The lowest BCUT2D eigenvalue weighted by molar-refractivity contribution is -0.140. The summed E-state index contributed by atoms with van der Waals surface area (Å²) < 4.78 is 39.0. The van der Waals surface area contributed by atoms with Gasteiger partial charge < -0.3 is 10.2 Å². The maximum atomic E-state index is 12.9. The molecule has 162 valence electrons. The summed E-state index contributed by atoms with van der Waals surface area (Å²) in [5, 5.41) is 2.73. The van der Waals surface area contributed by atoms with Crippen LogP contribution in [0.1, 0.15) is 38.7 Å². The second kappa shape index (κ2) is 10.7. The van der Waals surface area contributed by atoms with E-state index < -0.39 is 15.9 Å². The van der Waals surface area contributed by atoms with E-state index in [2.05, 4.69) is 5.32 Å². The number of rotatable bonds is 9. The van der Waals surface area contributed by atoms with Crippen LogP contribution in [-0.2, 0) is 26.2 Å². The van der Waals surface area contributed by atoms with Crippen LogP contribution in [0.3, 0.4) is 0 Å². The third kappa shape index (κ3) is 6.78. The van der Waals surface area contributed by atoms with Crippen molar-refractivity contribution in [1.29, 1.82) is 0 Å². The van der Waals surface area contributed by atoms with Crippen LogP contribution in [0, 0.1) is 11.7 Å². The summed E-state index contributed by atoms with van der Waals surface area (Å²) in [7, 11) is -3.34. The van der Waals surface area contributed by atoms with Crippen molar-refractivity contribution in [3.05, 3.63) is 35.6 Å². The van der Waals surface area contributed by atoms with Crippen molar-refractivity contribution in [1.82, 2.24) is 14.5 Å². The molecule has 1 N–H and O–H groups in total. The number of carbonyl (C=O) groups excluding carboxylic acids is 2. The zero-order chi connectivity index (χ0) is 21.4. The fourth-order valence-corrected chi connectivity index (χ4v) is 5.01. The molecule has 9 heteroatoms. The Kier molecular flexibility index (Phi) is 8.58. The average Bonchev–Trinajstić information content (AvgIpc) is 2.71. The molecule has 29 heavy (non-hydrogen) atoms. The number of hydrogen-bond acceptors (Lipinski definition) is 4. The molecular formula is C20H30FN3O4S. The van der Waals surface area contributed by atoms with E-state index in [1.807, 2.05) is 6.92 Å². The van der Waals surface area contributed by atoms with Crippen molar-refractivity contribution in [3.63, 3.8) is 0 Å². The van der Waals surface area contributed by atoms with Gasteiger partial charge in [0.25, 0.3) is 0 Å². The number of piperidine rings is 1. The highest BCUT2D eigenvalue weighted by Gasteiger charge is 2.34. The number of sulfonamides is 1. The summed E-state index contributed by atoms with van der Waals surface area (Å²) >= 11 is 0. The molecule has 1 fully saturated rings. The molecule has 0 aromatic heterocycles. The summed E-state index contributed by atoms with van der Waals surface area (Å²) in [4.78, 5) is 26.6. The number of hydrogen-bond donors (Lipinski definition) is 1. The van der Waals surface area contributed by atoms with Gasteiger partial charge in [0.1, 0.15) is 5.82 Å². The lowest BCUT2D eigenvalue weighted by atomic mass is 9.98. The van der Waals surface area contributed by atoms with Crippen molar-refractivity contribution in [3.8, 4) is 0 Å². The number of benzene rings is 1. The first-order valence-corrected chi connectivity index (χ1v) is 11.7. The highest BCUT2D eigenvalue weighted by atomic mass is 32.2. The van der Waals surface area contributed by atoms with Crippen LogP contribution >= 0.6 is 0 Å². The highest BCUT2D eigenvalue weighted by Crippen LogP contribution is 2.22. The Morgan fingerprint density at radius 3 is 2.55 bits per heavy atom. The second-order valence-corrected chi connectivity index (χ2v) is 9.36. The first-order valence-electron chi connectivity index (χ1n) is 10.0. The summed E-state index contributed by atoms with van der Waals surface area (Å²) in [6.07, 6.45) is 1.78. The van der Waals surface area contributed by atoms with Crippen LogP contribution in [0.5, 0.6) is 0 Å². The molecule has 0 spiro atoms. The largest absolute Gasteiger partial charge is 0.350 e. The smallest absolute Gasteiger partial charge is 0.239 e. The standard InChI is InChI=1S/C20H30FN3O4S/c1-3-12-29(27,28)24-11-5-6-17(14-24)20(26)23(4-2)15-19(25)22-13-16-7-9-18(21)10-8-16/h7-10,17H,3-6,11-15H2,1-2H3,(H,22,25). The van der Waals surface area contributed by atoms with Gasteiger partial charge in [0.15, 0.2) is 0 Å². The molecule has 1 saturated heterocycles. The summed E-state index contributed by atoms with van der Waals surface area (Å²) in [6, 6.07) is 5.83. The number of halogens is 1. The Bertz CT molecular complexity index is 798. The van der Waals surface area contributed by atoms with Gasteiger partial charge in [0.05, 0.1) is 18.2 Å². The van der Waals surface area contributed by atoms with E-state index in [-0.39, 0.29) is 43.0 Å². The minimum atomic E-state index is -3.34. The van der Waals surface area contributed by atoms with Crippen molar-refractivity contribution < 1.29 is 22.4 Å². The normalized spacial score (nSPS) is 17.7. The highest BCUT2D eigenvalue weighted by molar-refractivity contribution is 7.89. The van der Waals surface area contributed by atoms with Gasteiger partial charge in [-0.1, -0.05) is 19.1 Å². The molecular weight excluding hydrogens is 397 g/mol. The van der Waals surface area contributed by atoms with Gasteiger partial charge in [-0.25, -0.2) is 17.1 Å². The van der Waals surface area contributed by atoms with Crippen molar-refractivity contribution in [2.24, 2.45) is 5.92 Å². The lowest BCUT2D eigenvalue weighted by Gasteiger charge is -2.33. The molecule has 1 aliphatic heterocycles. The molecule has 7 nitrogen and oxygen atoms in total. The summed E-state index contributed by atoms with van der Waals surface area (Å²) in [5.74, 6) is -1.20. The Labute approximate surface area is 172 Å². The Hall–Kier alpha value is -2.00. The zero-order valence-corrected chi connectivity index (χ0v) is 17.9. The quantitative estimate of drug-likeness (QED) is 0.650. The molecule has 0 bridgehead atoms. The van der Waals surface area contributed by atoms with Gasteiger partial charge in [-0.2, -0.15) is 0 Å². The number of nitrogens with zero attached hydrogens (tertiary/aromatic N) is 2. The second-order valence-electron chi connectivity index (χ2n) is 7.27. The maximum absolute atomic E-state index is 12.9. The van der Waals surface area contributed by atoms with Gasteiger partial charge in [-0.3, -0.25) is 9.59 Å². The van der Waals surface area contributed by atoms with Gasteiger partial charge >= 0.3 is 0 Å². The van der Waals surface area contributed by atoms with E-state index in [4.69, 9.17) is 0 Å². The summed E-state index contributed by atoms with van der Waals surface area (Å²) in [6.45, 7) is 4.74.